The van der Waals surface area contributed by atoms with Crippen LogP contribution in [-0.4, -0.2) is 11.7 Å². The van der Waals surface area contributed by atoms with Crippen molar-refractivity contribution in [2.45, 2.75) is 6.92 Å². The Labute approximate surface area is 84.1 Å². The SMILES string of the molecule is CC1C(=O)Nc2cc(F)cc(F)c2C1=O. The first-order chi connectivity index (χ1) is 7.00. The Morgan fingerprint density at radius 2 is 1.93 bits per heavy atom. The first kappa shape index (κ1) is 9.76. The molecule has 1 aliphatic heterocycles. The van der Waals surface area contributed by atoms with E-state index in [0.29, 0.717) is 6.07 Å². The lowest BCUT2D eigenvalue weighted by atomic mass is 9.93. The summed E-state index contributed by atoms with van der Waals surface area (Å²) in [5, 5.41) is 2.28. The van der Waals surface area contributed by atoms with Gasteiger partial charge in [-0.3, -0.25) is 9.59 Å². The van der Waals surface area contributed by atoms with E-state index in [-0.39, 0.29) is 11.3 Å². The van der Waals surface area contributed by atoms with Gasteiger partial charge in [-0.25, -0.2) is 8.78 Å². The second kappa shape index (κ2) is 3.12. The Hall–Kier alpha value is -1.78. The van der Waals surface area contributed by atoms with E-state index in [1.807, 2.05) is 0 Å². The van der Waals surface area contributed by atoms with Gasteiger partial charge in [-0.15, -0.1) is 0 Å². The van der Waals surface area contributed by atoms with Gasteiger partial charge in [0.25, 0.3) is 0 Å². The summed E-state index contributed by atoms with van der Waals surface area (Å²) in [6, 6.07) is 1.56. The third-order valence-electron chi connectivity index (χ3n) is 2.35. The molecule has 1 unspecified atom stereocenters. The normalized spacial score (nSPS) is 19.8. The maximum Gasteiger partial charge on any atom is 0.235 e. The van der Waals surface area contributed by atoms with Gasteiger partial charge in [-0.05, 0) is 13.0 Å². The van der Waals surface area contributed by atoms with Crippen LogP contribution in [-0.2, 0) is 4.79 Å². The highest BCUT2D eigenvalue weighted by molar-refractivity contribution is 6.20. The van der Waals surface area contributed by atoms with Crippen LogP contribution in [0, 0.1) is 17.6 Å². The van der Waals surface area contributed by atoms with Crippen LogP contribution in [0.2, 0.25) is 0 Å². The molecule has 1 N–H and O–H groups in total. The van der Waals surface area contributed by atoms with Crippen molar-refractivity contribution in [1.82, 2.24) is 0 Å². The fourth-order valence-electron chi connectivity index (χ4n) is 1.50. The number of fused-ring (bicyclic) bond motifs is 1. The van der Waals surface area contributed by atoms with Crippen molar-refractivity contribution in [2.75, 3.05) is 5.32 Å². The summed E-state index contributed by atoms with van der Waals surface area (Å²) in [7, 11) is 0. The highest BCUT2D eigenvalue weighted by Crippen LogP contribution is 2.28. The minimum absolute atomic E-state index is 0.0967. The van der Waals surface area contributed by atoms with Crippen LogP contribution in [0.3, 0.4) is 0 Å². The molecule has 1 amide bonds. The van der Waals surface area contributed by atoms with E-state index < -0.39 is 29.2 Å². The van der Waals surface area contributed by atoms with Gasteiger partial charge in [0.2, 0.25) is 5.91 Å². The van der Waals surface area contributed by atoms with Crippen molar-refractivity contribution in [3.63, 3.8) is 0 Å². The minimum Gasteiger partial charge on any atom is -0.325 e. The number of amides is 1. The van der Waals surface area contributed by atoms with Crippen molar-refractivity contribution in [1.29, 1.82) is 0 Å². The zero-order valence-electron chi connectivity index (χ0n) is 7.80. The van der Waals surface area contributed by atoms with E-state index in [9.17, 15) is 18.4 Å². The zero-order valence-corrected chi connectivity index (χ0v) is 7.80. The molecule has 1 atom stereocenters. The predicted molar refractivity (Wildman–Crippen MR) is 48.5 cm³/mol. The van der Waals surface area contributed by atoms with Crippen LogP contribution in [0.25, 0.3) is 0 Å². The van der Waals surface area contributed by atoms with E-state index in [1.54, 1.807) is 0 Å². The summed E-state index contributed by atoms with van der Waals surface area (Å²) in [6.45, 7) is 1.38. The van der Waals surface area contributed by atoms with Crippen LogP contribution in [0.5, 0.6) is 0 Å². The average molecular weight is 211 g/mol. The molecule has 0 saturated carbocycles. The number of benzene rings is 1. The summed E-state index contributed by atoms with van der Waals surface area (Å²) in [6.07, 6.45) is 0. The summed E-state index contributed by atoms with van der Waals surface area (Å²) in [5.41, 5.74) is -0.343. The second-order valence-electron chi connectivity index (χ2n) is 3.39. The largest absolute Gasteiger partial charge is 0.325 e. The molecule has 0 bridgehead atoms. The summed E-state index contributed by atoms with van der Waals surface area (Å²) >= 11 is 0. The standard InChI is InChI=1S/C10H7F2NO2/c1-4-9(14)8-6(12)2-5(11)3-7(8)13-10(4)15/h2-4H,1H3,(H,13,15). The van der Waals surface area contributed by atoms with Gasteiger partial charge < -0.3 is 5.32 Å². The van der Waals surface area contributed by atoms with Crippen molar-refractivity contribution >= 4 is 17.4 Å². The number of ketones is 1. The van der Waals surface area contributed by atoms with Crippen molar-refractivity contribution in [3.05, 3.63) is 29.3 Å². The fourth-order valence-corrected chi connectivity index (χ4v) is 1.50. The number of hydrogen-bond donors (Lipinski definition) is 1. The van der Waals surface area contributed by atoms with Gasteiger partial charge in [-0.1, -0.05) is 0 Å². The number of carbonyl (C=O) groups excluding carboxylic acids is 2. The first-order valence-electron chi connectivity index (χ1n) is 4.35. The van der Waals surface area contributed by atoms with Gasteiger partial charge in [0.1, 0.15) is 11.6 Å². The first-order valence-corrected chi connectivity index (χ1v) is 4.35. The molecule has 0 fully saturated rings. The quantitative estimate of drug-likeness (QED) is 0.664. The Kier molecular flexibility index (Phi) is 2.03. The molecule has 0 saturated heterocycles. The smallest absolute Gasteiger partial charge is 0.235 e. The molecule has 0 aliphatic carbocycles. The Morgan fingerprint density at radius 1 is 1.27 bits per heavy atom. The molecular formula is C10H7F2NO2. The van der Waals surface area contributed by atoms with E-state index in [2.05, 4.69) is 5.32 Å². The van der Waals surface area contributed by atoms with Crippen LogP contribution >= 0.6 is 0 Å². The zero-order chi connectivity index (χ0) is 11.2. The Morgan fingerprint density at radius 3 is 2.60 bits per heavy atom. The lowest BCUT2D eigenvalue weighted by Crippen LogP contribution is -2.34. The van der Waals surface area contributed by atoms with Crippen LogP contribution in [0.1, 0.15) is 17.3 Å². The molecule has 78 valence electrons. The van der Waals surface area contributed by atoms with Gasteiger partial charge >= 0.3 is 0 Å². The monoisotopic (exact) mass is 211 g/mol. The lowest BCUT2D eigenvalue weighted by Gasteiger charge is -2.20. The third kappa shape index (κ3) is 1.40. The van der Waals surface area contributed by atoms with E-state index >= 15 is 0 Å². The molecule has 1 aliphatic rings. The number of carbonyl (C=O) groups is 2. The van der Waals surface area contributed by atoms with Crippen molar-refractivity contribution in [2.24, 2.45) is 5.92 Å². The molecule has 1 aromatic carbocycles. The molecule has 1 heterocycles. The maximum atomic E-state index is 13.3. The molecule has 0 spiro atoms. The van der Waals surface area contributed by atoms with E-state index in [1.165, 1.54) is 6.92 Å². The van der Waals surface area contributed by atoms with E-state index in [4.69, 9.17) is 0 Å². The minimum atomic E-state index is -0.943. The molecule has 3 nitrogen and oxygen atoms in total. The van der Waals surface area contributed by atoms with Gasteiger partial charge in [0.05, 0.1) is 17.2 Å². The topological polar surface area (TPSA) is 46.2 Å². The molecule has 2 rings (SSSR count). The van der Waals surface area contributed by atoms with Crippen LogP contribution < -0.4 is 5.32 Å². The maximum absolute atomic E-state index is 13.3. The number of rotatable bonds is 0. The number of halogens is 2. The molecule has 15 heavy (non-hydrogen) atoms. The van der Waals surface area contributed by atoms with Gasteiger partial charge in [0, 0.05) is 6.07 Å². The molecule has 0 aromatic heterocycles. The van der Waals surface area contributed by atoms with Crippen molar-refractivity contribution < 1.29 is 18.4 Å². The summed E-state index contributed by atoms with van der Waals surface area (Å²) < 4.78 is 26.1. The Balaban J connectivity index is 2.65. The number of nitrogens with one attached hydrogen (secondary N) is 1. The van der Waals surface area contributed by atoms with Crippen molar-refractivity contribution in [3.8, 4) is 0 Å². The molecule has 5 heteroatoms. The van der Waals surface area contributed by atoms with Gasteiger partial charge in [-0.2, -0.15) is 0 Å². The van der Waals surface area contributed by atoms with Gasteiger partial charge in [0.15, 0.2) is 5.78 Å². The Bertz CT molecular complexity index is 471. The second-order valence-corrected chi connectivity index (χ2v) is 3.39. The average Bonchev–Trinajstić information content (AvgIpc) is 2.13. The molecule has 0 radical (unpaired) electrons. The van der Waals surface area contributed by atoms with Crippen LogP contribution in [0.15, 0.2) is 12.1 Å². The van der Waals surface area contributed by atoms with E-state index in [0.717, 1.165) is 6.07 Å². The number of anilines is 1. The van der Waals surface area contributed by atoms with Crippen LogP contribution in [0.4, 0.5) is 14.5 Å². The lowest BCUT2D eigenvalue weighted by molar-refractivity contribution is -0.118. The number of Topliss-reactive ketones (excluding diaryl/α,β-unsaturated/α-hetero) is 1. The summed E-state index contributed by atoms with van der Waals surface area (Å²) in [5.74, 6) is -3.86. The molecular weight excluding hydrogens is 204 g/mol. The highest BCUT2D eigenvalue weighted by atomic mass is 19.1. The summed E-state index contributed by atoms with van der Waals surface area (Å²) in [4.78, 5) is 22.7. The molecule has 1 aromatic rings. The predicted octanol–water partition coefficient (Wildman–Crippen LogP) is 1.74. The fraction of sp³-hybridized carbons (Fsp3) is 0.200. The third-order valence-corrected chi connectivity index (χ3v) is 2.35. The highest BCUT2D eigenvalue weighted by Gasteiger charge is 2.33. The number of hydrogen-bond acceptors (Lipinski definition) is 2.